The van der Waals surface area contributed by atoms with Gasteiger partial charge in [-0.2, -0.15) is 0 Å². The topological polar surface area (TPSA) is 161 Å². The summed E-state index contributed by atoms with van der Waals surface area (Å²) in [5, 5.41) is 51.9. The van der Waals surface area contributed by atoms with Crippen LogP contribution in [0.15, 0.2) is 0 Å². The number of aliphatic hydroxyl groups excluding tert-OH is 4. The number of hydrogen-bond donors (Lipinski definition) is 4. The summed E-state index contributed by atoms with van der Waals surface area (Å²) in [7, 11) is 0. The number of carbonyl (C=O) groups excluding carboxylic acids is 2. The fourth-order valence-electron chi connectivity index (χ4n) is 0.480. The van der Waals surface area contributed by atoms with Crippen molar-refractivity contribution in [3.8, 4) is 0 Å². The molecule has 96 valence electrons. The Kier molecular flexibility index (Phi) is 18.4. The van der Waals surface area contributed by atoms with E-state index in [0.717, 1.165) is 0 Å². The Bertz CT molecular complexity index is 188. The second-order valence-electron chi connectivity index (χ2n) is 2.69. The number of rotatable bonds is 6. The van der Waals surface area contributed by atoms with Crippen LogP contribution in [0.4, 0.5) is 0 Å². The van der Waals surface area contributed by atoms with E-state index in [9.17, 15) is 19.8 Å². The second kappa shape index (κ2) is 14.1. The second-order valence-corrected chi connectivity index (χ2v) is 2.69. The maximum atomic E-state index is 9.62. The molecule has 0 spiro atoms. The number of hydrogen-bond acceptors (Lipinski definition) is 8. The van der Waals surface area contributed by atoms with E-state index in [1.54, 1.807) is 0 Å². The summed E-state index contributed by atoms with van der Waals surface area (Å²) in [6.07, 6.45) is -3.38. The van der Waals surface area contributed by atoms with Crippen molar-refractivity contribution in [2.45, 2.75) is 25.0 Å². The van der Waals surface area contributed by atoms with Crippen LogP contribution in [0.5, 0.6) is 0 Å². The van der Waals surface area contributed by atoms with E-state index < -0.39 is 24.1 Å². The van der Waals surface area contributed by atoms with Gasteiger partial charge < -0.3 is 40.2 Å². The smallest absolute Gasteiger partial charge is 0.547 e. The predicted octanol–water partition coefficient (Wildman–Crippen LogP) is -5.42. The van der Waals surface area contributed by atoms with Crippen molar-refractivity contribution in [1.82, 2.24) is 0 Å². The Balaban J connectivity index is -0.000000218. The molecule has 4 N–H and O–H groups in total. The predicted molar refractivity (Wildman–Crippen MR) is 51.2 cm³/mol. The first kappa shape index (κ1) is 22.2. The molecule has 0 aromatic rings. The Morgan fingerprint density at radius 2 is 1.12 bits per heavy atom. The zero-order valence-electron chi connectivity index (χ0n) is 9.11. The molecule has 2 atom stereocenters. The first-order valence-electron chi connectivity index (χ1n) is 4.36. The van der Waals surface area contributed by atoms with E-state index in [0.29, 0.717) is 0 Å². The number of carboxylic acids is 2. The standard InChI is InChI=1S/2C4H8O4.Ca/c2*5-2-1-3(6)4(7)8;/h2*3,5-6H,1-2H2,(H,7,8);/q;;+2/p-2/t2*3-;/m11./s1. The molecule has 0 saturated carbocycles. The summed E-state index contributed by atoms with van der Waals surface area (Å²) in [5.41, 5.74) is 0. The molecule has 8 nitrogen and oxygen atoms in total. The molecule has 0 aliphatic rings. The van der Waals surface area contributed by atoms with Crippen molar-refractivity contribution < 1.29 is 40.2 Å². The SMILES string of the molecule is O=C([O-])[C@H](O)CCO.O=C([O-])[C@H](O)CCO.[Ca+2]. The molecule has 0 bridgehead atoms. The van der Waals surface area contributed by atoms with Gasteiger partial charge in [0.25, 0.3) is 0 Å². The summed E-state index contributed by atoms with van der Waals surface area (Å²) < 4.78 is 0. The number of carbonyl (C=O) groups is 2. The molecule has 0 aromatic carbocycles. The van der Waals surface area contributed by atoms with Gasteiger partial charge in [0.2, 0.25) is 0 Å². The molecular weight excluding hydrogens is 264 g/mol. The van der Waals surface area contributed by atoms with E-state index in [2.05, 4.69) is 0 Å². The van der Waals surface area contributed by atoms with E-state index in [1.807, 2.05) is 0 Å². The largest absolute Gasteiger partial charge is 2.00 e. The fourth-order valence-corrected chi connectivity index (χ4v) is 0.480. The van der Waals surface area contributed by atoms with Crippen LogP contribution in [-0.2, 0) is 9.59 Å². The van der Waals surface area contributed by atoms with Gasteiger partial charge in [0.15, 0.2) is 0 Å². The summed E-state index contributed by atoms with van der Waals surface area (Å²) >= 11 is 0. The van der Waals surface area contributed by atoms with Crippen LogP contribution in [0.25, 0.3) is 0 Å². The maximum absolute atomic E-state index is 9.62. The molecule has 0 radical (unpaired) electrons. The summed E-state index contributed by atoms with van der Waals surface area (Å²) in [4.78, 5) is 19.2. The third-order valence-corrected chi connectivity index (χ3v) is 1.35. The van der Waals surface area contributed by atoms with E-state index in [-0.39, 0.29) is 63.8 Å². The number of carboxylic acid groups (broad SMARTS) is 2. The van der Waals surface area contributed by atoms with Crippen LogP contribution in [-0.4, -0.2) is 95.5 Å². The van der Waals surface area contributed by atoms with Gasteiger partial charge in [0, 0.05) is 26.1 Å². The Labute approximate surface area is 128 Å². The Morgan fingerprint density at radius 3 is 1.18 bits per heavy atom. The van der Waals surface area contributed by atoms with Gasteiger partial charge in [-0.1, -0.05) is 0 Å². The van der Waals surface area contributed by atoms with Crippen LogP contribution >= 0.6 is 0 Å². The molecule has 0 aliphatic carbocycles. The molecule has 0 aliphatic heterocycles. The Hall–Kier alpha value is 0.0397. The molecule has 0 heterocycles. The minimum absolute atomic E-state index is 0. The van der Waals surface area contributed by atoms with Crippen molar-refractivity contribution in [1.29, 1.82) is 0 Å². The molecule has 17 heavy (non-hydrogen) atoms. The van der Waals surface area contributed by atoms with Crippen LogP contribution in [0.2, 0.25) is 0 Å². The van der Waals surface area contributed by atoms with Gasteiger partial charge in [-0.15, -0.1) is 0 Å². The zero-order chi connectivity index (χ0) is 13.1. The van der Waals surface area contributed by atoms with Gasteiger partial charge in [0.1, 0.15) is 0 Å². The van der Waals surface area contributed by atoms with Gasteiger partial charge >= 0.3 is 37.7 Å². The monoisotopic (exact) mass is 278 g/mol. The minimum Gasteiger partial charge on any atom is -0.547 e. The molecular formula is C8H14CaO8. The van der Waals surface area contributed by atoms with Crippen molar-refractivity contribution in [3.05, 3.63) is 0 Å². The molecule has 0 saturated heterocycles. The maximum Gasteiger partial charge on any atom is 2.00 e. The third kappa shape index (κ3) is 16.0. The average molecular weight is 278 g/mol. The molecule has 0 unspecified atom stereocenters. The van der Waals surface area contributed by atoms with Crippen LogP contribution in [0.3, 0.4) is 0 Å². The van der Waals surface area contributed by atoms with Gasteiger partial charge in [0.05, 0.1) is 24.1 Å². The number of aliphatic carboxylic acids is 2. The van der Waals surface area contributed by atoms with Gasteiger partial charge in [-0.3, -0.25) is 0 Å². The minimum atomic E-state index is -1.54. The zero-order valence-corrected chi connectivity index (χ0v) is 11.3. The third-order valence-electron chi connectivity index (χ3n) is 1.35. The molecule has 0 aromatic heterocycles. The summed E-state index contributed by atoms with van der Waals surface area (Å²) in [6.45, 7) is -0.676. The molecule has 9 heteroatoms. The summed E-state index contributed by atoms with van der Waals surface area (Å²) in [6, 6.07) is 0. The fraction of sp³-hybridized carbons (Fsp3) is 0.750. The average Bonchev–Trinajstić information content (AvgIpc) is 2.19. The molecule has 0 rings (SSSR count). The van der Waals surface area contributed by atoms with E-state index in [1.165, 1.54) is 0 Å². The van der Waals surface area contributed by atoms with Crippen molar-refractivity contribution >= 4 is 49.7 Å². The van der Waals surface area contributed by atoms with Gasteiger partial charge in [-0.05, 0) is 0 Å². The van der Waals surface area contributed by atoms with Crippen LogP contribution in [0.1, 0.15) is 12.8 Å². The van der Waals surface area contributed by atoms with E-state index >= 15 is 0 Å². The Morgan fingerprint density at radius 1 is 0.882 bits per heavy atom. The number of aliphatic hydroxyl groups is 4. The van der Waals surface area contributed by atoms with Crippen molar-refractivity contribution in [2.24, 2.45) is 0 Å². The quantitative estimate of drug-likeness (QED) is 0.350. The van der Waals surface area contributed by atoms with Crippen molar-refractivity contribution in [3.63, 3.8) is 0 Å². The van der Waals surface area contributed by atoms with E-state index in [4.69, 9.17) is 20.4 Å². The van der Waals surface area contributed by atoms with Crippen LogP contribution < -0.4 is 10.2 Å². The molecule has 0 fully saturated rings. The van der Waals surface area contributed by atoms with Crippen molar-refractivity contribution in [2.75, 3.05) is 13.2 Å². The van der Waals surface area contributed by atoms with Crippen LogP contribution in [0, 0.1) is 0 Å². The first-order chi connectivity index (χ1) is 7.36. The normalized spacial score (nSPS) is 12.5. The van der Waals surface area contributed by atoms with Gasteiger partial charge in [-0.25, -0.2) is 0 Å². The summed E-state index contributed by atoms with van der Waals surface area (Å²) in [5.74, 6) is -3.09. The first-order valence-corrected chi connectivity index (χ1v) is 4.36. The molecule has 0 amide bonds.